The van der Waals surface area contributed by atoms with E-state index in [2.05, 4.69) is 15.1 Å². The number of hydrogen-bond acceptors (Lipinski definition) is 5. The first-order chi connectivity index (χ1) is 9.95. The van der Waals surface area contributed by atoms with Gasteiger partial charge in [0.15, 0.2) is 0 Å². The molecule has 1 fully saturated rings. The number of hydrogen-bond donors (Lipinski definition) is 2. The van der Waals surface area contributed by atoms with E-state index in [1.807, 2.05) is 13.8 Å². The van der Waals surface area contributed by atoms with Crippen molar-refractivity contribution in [2.75, 3.05) is 26.3 Å². The molecule has 7 nitrogen and oxygen atoms in total. The Morgan fingerprint density at radius 1 is 1.43 bits per heavy atom. The van der Waals surface area contributed by atoms with E-state index in [-0.39, 0.29) is 4.90 Å². The van der Waals surface area contributed by atoms with Crippen LogP contribution in [0.25, 0.3) is 0 Å². The largest absolute Gasteiger partial charge is 0.381 e. The molecule has 0 radical (unpaired) electrons. The van der Waals surface area contributed by atoms with Crippen molar-refractivity contribution in [2.24, 2.45) is 0 Å². The highest BCUT2D eigenvalue weighted by Crippen LogP contribution is 2.22. The van der Waals surface area contributed by atoms with Crippen LogP contribution in [0.2, 0.25) is 0 Å². The highest BCUT2D eigenvalue weighted by atomic mass is 32.2. The van der Waals surface area contributed by atoms with Crippen molar-refractivity contribution in [3.8, 4) is 0 Å². The first kappa shape index (κ1) is 16.4. The summed E-state index contributed by atoms with van der Waals surface area (Å²) in [6.45, 7) is 7.41. The van der Waals surface area contributed by atoms with Crippen LogP contribution < -0.4 is 10.0 Å². The highest BCUT2D eigenvalue weighted by molar-refractivity contribution is 7.89. The molecule has 2 heterocycles. The van der Waals surface area contributed by atoms with Gasteiger partial charge < -0.3 is 10.1 Å². The molecule has 21 heavy (non-hydrogen) atoms. The lowest BCUT2D eigenvalue weighted by molar-refractivity contribution is 0.0537. The smallest absolute Gasteiger partial charge is 0.244 e. The van der Waals surface area contributed by atoms with Crippen molar-refractivity contribution in [2.45, 2.75) is 43.7 Å². The van der Waals surface area contributed by atoms with E-state index in [0.717, 1.165) is 13.1 Å². The van der Waals surface area contributed by atoms with Crippen molar-refractivity contribution in [3.63, 3.8) is 0 Å². The van der Waals surface area contributed by atoms with Gasteiger partial charge in [-0.1, -0.05) is 6.92 Å². The number of rotatable bonds is 7. The van der Waals surface area contributed by atoms with E-state index in [9.17, 15) is 8.42 Å². The fourth-order valence-electron chi connectivity index (χ4n) is 2.28. The lowest BCUT2D eigenvalue weighted by atomic mass is 9.94. The fourth-order valence-corrected chi connectivity index (χ4v) is 3.70. The molecule has 0 aromatic carbocycles. The Balaban J connectivity index is 2.02. The van der Waals surface area contributed by atoms with Crippen LogP contribution in [0.4, 0.5) is 0 Å². The van der Waals surface area contributed by atoms with Crippen LogP contribution in [0.5, 0.6) is 0 Å². The number of sulfonamides is 1. The molecule has 0 amide bonds. The Hall–Kier alpha value is -0.960. The van der Waals surface area contributed by atoms with Gasteiger partial charge in [-0.3, -0.25) is 4.68 Å². The Morgan fingerprint density at radius 3 is 2.81 bits per heavy atom. The molecule has 2 rings (SSSR count). The van der Waals surface area contributed by atoms with Gasteiger partial charge in [0.25, 0.3) is 0 Å². The molecule has 0 saturated carbocycles. The Bertz CT molecular complexity index is 550. The van der Waals surface area contributed by atoms with E-state index in [0.29, 0.717) is 32.6 Å². The first-order valence-corrected chi connectivity index (χ1v) is 8.78. The predicted molar refractivity (Wildman–Crippen MR) is 79.6 cm³/mol. The van der Waals surface area contributed by atoms with Gasteiger partial charge in [0.2, 0.25) is 10.0 Å². The second-order valence-corrected chi connectivity index (χ2v) is 7.25. The molecular formula is C13H24N4O3S. The molecular weight excluding hydrogens is 292 g/mol. The minimum Gasteiger partial charge on any atom is -0.381 e. The average molecular weight is 316 g/mol. The molecule has 0 atom stereocenters. The molecule has 0 aliphatic carbocycles. The van der Waals surface area contributed by atoms with Gasteiger partial charge in [-0.25, -0.2) is 13.1 Å². The molecule has 1 saturated heterocycles. The van der Waals surface area contributed by atoms with Gasteiger partial charge in [0.1, 0.15) is 4.90 Å². The van der Waals surface area contributed by atoms with Crippen LogP contribution in [0.3, 0.4) is 0 Å². The van der Waals surface area contributed by atoms with E-state index in [4.69, 9.17) is 4.74 Å². The van der Waals surface area contributed by atoms with Crippen LogP contribution >= 0.6 is 0 Å². The van der Waals surface area contributed by atoms with Crippen molar-refractivity contribution in [3.05, 3.63) is 12.4 Å². The Kier molecular flexibility index (Phi) is 5.37. The zero-order valence-electron chi connectivity index (χ0n) is 12.6. The molecule has 120 valence electrons. The maximum atomic E-state index is 12.4. The van der Waals surface area contributed by atoms with Gasteiger partial charge in [-0.05, 0) is 26.3 Å². The zero-order chi connectivity index (χ0) is 15.3. The topological polar surface area (TPSA) is 85.2 Å². The maximum Gasteiger partial charge on any atom is 0.244 e. The Labute approximate surface area is 126 Å². The lowest BCUT2D eigenvalue weighted by Crippen LogP contribution is -2.49. The molecule has 0 unspecified atom stereocenters. The van der Waals surface area contributed by atoms with E-state index >= 15 is 0 Å². The van der Waals surface area contributed by atoms with Gasteiger partial charge >= 0.3 is 0 Å². The van der Waals surface area contributed by atoms with Crippen LogP contribution in [0.1, 0.15) is 26.7 Å². The SMILES string of the molecule is CCNCCn1cc(S(=O)(=O)NC2(C)CCOCC2)cn1. The lowest BCUT2D eigenvalue weighted by Gasteiger charge is -2.33. The summed E-state index contributed by atoms with van der Waals surface area (Å²) in [4.78, 5) is 0.215. The van der Waals surface area contributed by atoms with Crippen LogP contribution in [-0.2, 0) is 21.3 Å². The number of likely N-dealkylation sites (N-methyl/N-ethyl adjacent to an activating group) is 1. The van der Waals surface area contributed by atoms with Gasteiger partial charge in [0, 0.05) is 31.5 Å². The van der Waals surface area contributed by atoms with E-state index < -0.39 is 15.6 Å². The van der Waals surface area contributed by atoms with E-state index in [1.54, 1.807) is 10.9 Å². The number of ether oxygens (including phenoxy) is 1. The van der Waals surface area contributed by atoms with Crippen LogP contribution in [-0.4, -0.2) is 50.0 Å². The van der Waals surface area contributed by atoms with Crippen molar-refractivity contribution >= 4 is 10.0 Å². The third kappa shape index (κ3) is 4.50. The summed E-state index contributed by atoms with van der Waals surface area (Å²) in [6, 6.07) is 0. The molecule has 1 aromatic rings. The molecule has 0 spiro atoms. The van der Waals surface area contributed by atoms with Gasteiger partial charge in [-0.2, -0.15) is 5.10 Å². The normalized spacial score (nSPS) is 18.8. The van der Waals surface area contributed by atoms with Crippen molar-refractivity contribution in [1.82, 2.24) is 19.8 Å². The molecule has 1 aliphatic heterocycles. The Morgan fingerprint density at radius 2 is 2.14 bits per heavy atom. The summed E-state index contributed by atoms with van der Waals surface area (Å²) in [5.74, 6) is 0. The zero-order valence-corrected chi connectivity index (χ0v) is 13.4. The van der Waals surface area contributed by atoms with Crippen molar-refractivity contribution in [1.29, 1.82) is 0 Å². The fraction of sp³-hybridized carbons (Fsp3) is 0.769. The molecule has 1 aromatic heterocycles. The molecule has 1 aliphatic rings. The highest BCUT2D eigenvalue weighted by Gasteiger charge is 2.33. The summed E-state index contributed by atoms with van der Waals surface area (Å²) in [5, 5.41) is 7.28. The van der Waals surface area contributed by atoms with Gasteiger partial charge in [0.05, 0.1) is 12.7 Å². The third-order valence-electron chi connectivity index (χ3n) is 3.66. The van der Waals surface area contributed by atoms with Crippen LogP contribution in [0, 0.1) is 0 Å². The minimum absolute atomic E-state index is 0.215. The molecule has 0 bridgehead atoms. The number of nitrogens with zero attached hydrogens (tertiary/aromatic N) is 2. The predicted octanol–water partition coefficient (Wildman–Crippen LogP) is 0.340. The van der Waals surface area contributed by atoms with Gasteiger partial charge in [-0.15, -0.1) is 0 Å². The molecule has 8 heteroatoms. The number of aromatic nitrogens is 2. The average Bonchev–Trinajstić information content (AvgIpc) is 2.88. The first-order valence-electron chi connectivity index (χ1n) is 7.30. The second kappa shape index (κ2) is 6.87. The summed E-state index contributed by atoms with van der Waals surface area (Å²) in [7, 11) is -3.54. The summed E-state index contributed by atoms with van der Waals surface area (Å²) in [5.41, 5.74) is -0.442. The maximum absolute atomic E-state index is 12.4. The second-order valence-electron chi connectivity index (χ2n) is 5.57. The monoisotopic (exact) mass is 316 g/mol. The minimum atomic E-state index is -3.54. The number of nitrogens with one attached hydrogen (secondary N) is 2. The summed E-state index contributed by atoms with van der Waals surface area (Å²) in [6.07, 6.45) is 4.33. The van der Waals surface area contributed by atoms with E-state index in [1.165, 1.54) is 6.20 Å². The van der Waals surface area contributed by atoms with Crippen LogP contribution in [0.15, 0.2) is 17.3 Å². The summed E-state index contributed by atoms with van der Waals surface area (Å²) >= 11 is 0. The standard InChI is InChI=1S/C13H24N4O3S/c1-3-14-6-7-17-11-12(10-15-17)21(18,19)16-13(2)4-8-20-9-5-13/h10-11,14,16H,3-9H2,1-2H3. The third-order valence-corrected chi connectivity index (χ3v) is 5.26. The quantitative estimate of drug-likeness (QED) is 0.709. The molecule has 2 N–H and O–H groups in total. The summed E-state index contributed by atoms with van der Waals surface area (Å²) < 4.78 is 34.6. The van der Waals surface area contributed by atoms with Crippen molar-refractivity contribution < 1.29 is 13.2 Å².